The number of hydrogen-bond donors (Lipinski definition) is 2. The van der Waals surface area contributed by atoms with Gasteiger partial charge in [-0.3, -0.25) is 0 Å². The summed E-state index contributed by atoms with van der Waals surface area (Å²) in [4.78, 5) is 0. The van der Waals surface area contributed by atoms with Crippen LogP contribution in [0.5, 0.6) is 0 Å². The van der Waals surface area contributed by atoms with Crippen molar-refractivity contribution in [2.45, 2.75) is 19.8 Å². The minimum Gasteiger partial charge on any atom is -0.396 e. The molecule has 3 heteroatoms. The standard InChI is InChI=1S/C4H10O.ClH.H3N/c1-2-3-4-5;;/h5H,2-4H2,1H3;1H;1H3. The lowest BCUT2D eigenvalue weighted by Crippen LogP contribution is -1.75. The van der Waals surface area contributed by atoms with E-state index >= 15 is 0 Å². The predicted molar refractivity (Wildman–Crippen MR) is 34.3 cm³/mol. The number of halogens is 1. The molecule has 0 fully saturated rings. The smallest absolute Gasteiger partial charge is 0.0430 e. The van der Waals surface area contributed by atoms with Gasteiger partial charge in [-0.25, -0.2) is 0 Å². The second-order valence-electron chi connectivity index (χ2n) is 1.08. The summed E-state index contributed by atoms with van der Waals surface area (Å²) in [6.07, 6.45) is 2.04. The Kier molecular flexibility index (Phi) is 36.7. The fourth-order valence-corrected chi connectivity index (χ4v) is 0.158. The van der Waals surface area contributed by atoms with Crippen LogP contribution < -0.4 is 6.15 Å². The average molecular weight is 128 g/mol. The Balaban J connectivity index is -0.0000000800. The maximum Gasteiger partial charge on any atom is 0.0430 e. The van der Waals surface area contributed by atoms with Crippen molar-refractivity contribution in [2.75, 3.05) is 6.61 Å². The van der Waals surface area contributed by atoms with Crippen molar-refractivity contribution in [3.05, 3.63) is 0 Å². The van der Waals surface area contributed by atoms with E-state index in [1.165, 1.54) is 0 Å². The maximum absolute atomic E-state index is 8.07. The number of aliphatic hydroxyl groups excluding tert-OH is 1. The first-order valence-corrected chi connectivity index (χ1v) is 2.02. The van der Waals surface area contributed by atoms with E-state index < -0.39 is 0 Å². The number of hydrogen-bond acceptors (Lipinski definition) is 2. The second-order valence-corrected chi connectivity index (χ2v) is 1.08. The van der Waals surface area contributed by atoms with Crippen LogP contribution in [0.3, 0.4) is 0 Å². The maximum atomic E-state index is 8.07. The Morgan fingerprint density at radius 3 is 1.86 bits per heavy atom. The Labute approximate surface area is 50.9 Å². The predicted octanol–water partition coefficient (Wildman–Crippen LogP) is 1.36. The zero-order valence-corrected chi connectivity index (χ0v) is 5.50. The SMILES string of the molecule is CCCCO.Cl.N. The molecule has 0 radical (unpaired) electrons. The van der Waals surface area contributed by atoms with Crippen LogP contribution in [0.15, 0.2) is 0 Å². The highest BCUT2D eigenvalue weighted by Gasteiger charge is 1.69. The van der Waals surface area contributed by atoms with Gasteiger partial charge in [0.05, 0.1) is 0 Å². The normalized spacial score (nSPS) is 6.00. The minimum atomic E-state index is 0. The topological polar surface area (TPSA) is 55.2 Å². The van der Waals surface area contributed by atoms with Crippen LogP contribution in [0.25, 0.3) is 0 Å². The highest BCUT2D eigenvalue weighted by atomic mass is 35.5. The molecule has 0 unspecified atom stereocenters. The first-order chi connectivity index (χ1) is 2.41. The molecule has 0 heterocycles. The van der Waals surface area contributed by atoms with E-state index in [-0.39, 0.29) is 18.6 Å². The number of aliphatic hydroxyl groups is 1. The summed E-state index contributed by atoms with van der Waals surface area (Å²) >= 11 is 0. The molecule has 4 N–H and O–H groups in total. The fraction of sp³-hybridized carbons (Fsp3) is 1.00. The van der Waals surface area contributed by atoms with E-state index in [1.807, 2.05) is 0 Å². The fourth-order valence-electron chi connectivity index (χ4n) is 0.158. The van der Waals surface area contributed by atoms with E-state index in [0.717, 1.165) is 12.8 Å². The molecule has 0 amide bonds. The average Bonchev–Trinajstić information content (AvgIpc) is 1.41. The number of unbranched alkanes of at least 4 members (excludes halogenated alkanes) is 1. The van der Waals surface area contributed by atoms with Crippen LogP contribution >= 0.6 is 12.4 Å². The van der Waals surface area contributed by atoms with Crippen LogP contribution in [0, 0.1) is 0 Å². The van der Waals surface area contributed by atoms with E-state index in [2.05, 4.69) is 6.92 Å². The van der Waals surface area contributed by atoms with E-state index in [4.69, 9.17) is 5.11 Å². The van der Waals surface area contributed by atoms with Crippen LogP contribution in [-0.4, -0.2) is 11.7 Å². The Bertz CT molecular complexity index is 19.2. The molecule has 0 aliphatic rings. The summed E-state index contributed by atoms with van der Waals surface area (Å²) in [6.45, 7) is 2.40. The van der Waals surface area contributed by atoms with Gasteiger partial charge in [-0.15, -0.1) is 12.4 Å². The molecule has 0 aromatic carbocycles. The van der Waals surface area contributed by atoms with Crippen molar-refractivity contribution in [3.63, 3.8) is 0 Å². The third-order valence-corrected chi connectivity index (χ3v) is 0.512. The lowest BCUT2D eigenvalue weighted by Gasteiger charge is -1.79. The van der Waals surface area contributed by atoms with Crippen molar-refractivity contribution < 1.29 is 5.11 Å². The molecular weight excluding hydrogens is 114 g/mol. The van der Waals surface area contributed by atoms with Gasteiger partial charge in [0.25, 0.3) is 0 Å². The third-order valence-electron chi connectivity index (χ3n) is 0.512. The summed E-state index contributed by atoms with van der Waals surface area (Å²) in [7, 11) is 0. The summed E-state index contributed by atoms with van der Waals surface area (Å²) < 4.78 is 0. The van der Waals surface area contributed by atoms with Crippen molar-refractivity contribution in [1.29, 1.82) is 0 Å². The van der Waals surface area contributed by atoms with Crippen molar-refractivity contribution in [3.8, 4) is 0 Å². The molecule has 0 aromatic heterocycles. The lowest BCUT2D eigenvalue weighted by molar-refractivity contribution is 0.287. The van der Waals surface area contributed by atoms with Gasteiger partial charge in [0.2, 0.25) is 0 Å². The number of rotatable bonds is 2. The molecule has 7 heavy (non-hydrogen) atoms. The zero-order valence-electron chi connectivity index (χ0n) is 4.68. The minimum absolute atomic E-state index is 0. The molecule has 0 aliphatic heterocycles. The van der Waals surface area contributed by atoms with E-state index in [0.29, 0.717) is 6.61 Å². The summed E-state index contributed by atoms with van der Waals surface area (Å²) in [5.41, 5.74) is 0. The molecule has 0 aromatic rings. The monoisotopic (exact) mass is 127 g/mol. The molecule has 0 saturated heterocycles. The second kappa shape index (κ2) is 16.4. The quantitative estimate of drug-likeness (QED) is 0.589. The highest BCUT2D eigenvalue weighted by molar-refractivity contribution is 5.85. The summed E-state index contributed by atoms with van der Waals surface area (Å²) in [5, 5.41) is 8.07. The summed E-state index contributed by atoms with van der Waals surface area (Å²) in [6, 6.07) is 0. The van der Waals surface area contributed by atoms with Crippen LogP contribution in [-0.2, 0) is 0 Å². The van der Waals surface area contributed by atoms with Gasteiger partial charge in [0.15, 0.2) is 0 Å². The first-order valence-electron chi connectivity index (χ1n) is 2.02. The van der Waals surface area contributed by atoms with E-state index in [9.17, 15) is 0 Å². The van der Waals surface area contributed by atoms with Crippen molar-refractivity contribution in [1.82, 2.24) is 6.15 Å². The molecular formula is C4H14ClNO. The van der Waals surface area contributed by atoms with E-state index in [1.54, 1.807) is 0 Å². The molecule has 0 aliphatic carbocycles. The van der Waals surface area contributed by atoms with Crippen molar-refractivity contribution in [2.24, 2.45) is 0 Å². The zero-order chi connectivity index (χ0) is 4.12. The highest BCUT2D eigenvalue weighted by Crippen LogP contribution is 1.78. The van der Waals surface area contributed by atoms with Crippen molar-refractivity contribution >= 4 is 12.4 Å². The molecule has 0 bridgehead atoms. The Morgan fingerprint density at radius 2 is 1.86 bits per heavy atom. The van der Waals surface area contributed by atoms with Gasteiger partial charge in [0.1, 0.15) is 0 Å². The third kappa shape index (κ3) is 22.5. The van der Waals surface area contributed by atoms with Gasteiger partial charge in [-0.1, -0.05) is 13.3 Å². The van der Waals surface area contributed by atoms with Crippen LogP contribution in [0.2, 0.25) is 0 Å². The lowest BCUT2D eigenvalue weighted by atomic mass is 10.4. The van der Waals surface area contributed by atoms with Crippen LogP contribution in [0.4, 0.5) is 0 Å². The molecule has 48 valence electrons. The van der Waals surface area contributed by atoms with Gasteiger partial charge >= 0.3 is 0 Å². The molecule has 2 nitrogen and oxygen atoms in total. The molecule has 0 spiro atoms. The van der Waals surface area contributed by atoms with Gasteiger partial charge in [0, 0.05) is 6.61 Å². The summed E-state index contributed by atoms with van der Waals surface area (Å²) in [5.74, 6) is 0. The Hall–Kier alpha value is 0.210. The molecule has 0 rings (SSSR count). The Morgan fingerprint density at radius 1 is 1.43 bits per heavy atom. The first kappa shape index (κ1) is 15.7. The molecule has 0 atom stereocenters. The van der Waals surface area contributed by atoms with Gasteiger partial charge in [-0.2, -0.15) is 0 Å². The van der Waals surface area contributed by atoms with Crippen LogP contribution in [0.1, 0.15) is 19.8 Å². The van der Waals surface area contributed by atoms with Gasteiger partial charge < -0.3 is 11.3 Å². The van der Waals surface area contributed by atoms with Gasteiger partial charge in [-0.05, 0) is 6.42 Å². The largest absolute Gasteiger partial charge is 0.396 e. The molecule has 0 saturated carbocycles.